The van der Waals surface area contributed by atoms with E-state index in [0.29, 0.717) is 23.7 Å². The first-order chi connectivity index (χ1) is 15.1. The standard InChI is InChI=1S/C28H22BrClO/c29-25-16-26(25,30)22-15-21(25)23-24(22)28(18-11-5-2-6-12-18)20-14-8-7-13-19(20)27(23,31-28)17-9-3-1-4-10-17/h1-14,21-24H,15-16H2/t21?,22-,23?,24?,25+,26-,27+,28-/m1/s1. The van der Waals surface area contributed by atoms with Gasteiger partial charge in [0.25, 0.3) is 0 Å². The van der Waals surface area contributed by atoms with Crippen molar-refractivity contribution in [2.75, 3.05) is 0 Å². The number of halogens is 2. The molecule has 1 nitrogen and oxygen atoms in total. The molecule has 3 aromatic carbocycles. The van der Waals surface area contributed by atoms with Crippen LogP contribution in [0.25, 0.3) is 0 Å². The molecule has 3 aromatic rings. The van der Waals surface area contributed by atoms with Gasteiger partial charge in [-0.25, -0.2) is 0 Å². The zero-order valence-electron chi connectivity index (χ0n) is 17.0. The van der Waals surface area contributed by atoms with Crippen LogP contribution in [0.15, 0.2) is 84.9 Å². The second-order valence-corrected chi connectivity index (χ2v) is 12.3. The van der Waals surface area contributed by atoms with Gasteiger partial charge in [0, 0.05) is 11.8 Å². The summed E-state index contributed by atoms with van der Waals surface area (Å²) in [5.74, 6) is 1.80. The van der Waals surface area contributed by atoms with Crippen molar-refractivity contribution in [1.82, 2.24) is 0 Å². The lowest BCUT2D eigenvalue weighted by Crippen LogP contribution is -2.49. The molecule has 4 bridgehead atoms. The van der Waals surface area contributed by atoms with Gasteiger partial charge in [0.1, 0.15) is 11.2 Å². The first kappa shape index (κ1) is 17.9. The van der Waals surface area contributed by atoms with Crippen LogP contribution in [-0.4, -0.2) is 9.20 Å². The first-order valence-electron chi connectivity index (χ1n) is 11.4. The van der Waals surface area contributed by atoms with Crippen LogP contribution in [0.4, 0.5) is 0 Å². The Morgan fingerprint density at radius 2 is 1.19 bits per heavy atom. The van der Waals surface area contributed by atoms with E-state index in [1.54, 1.807) is 0 Å². The fourth-order valence-electron chi connectivity index (χ4n) is 8.47. The van der Waals surface area contributed by atoms with Gasteiger partial charge >= 0.3 is 0 Å². The third-order valence-corrected chi connectivity index (χ3v) is 12.0. The molecule has 31 heavy (non-hydrogen) atoms. The summed E-state index contributed by atoms with van der Waals surface area (Å²) in [6, 6.07) is 30.9. The highest BCUT2D eigenvalue weighted by Crippen LogP contribution is 2.88. The molecular formula is C28H22BrClO. The van der Waals surface area contributed by atoms with Gasteiger partial charge in [0.15, 0.2) is 0 Å². The maximum absolute atomic E-state index is 7.52. The minimum Gasteiger partial charge on any atom is -0.349 e. The van der Waals surface area contributed by atoms with Gasteiger partial charge < -0.3 is 4.74 Å². The van der Waals surface area contributed by atoms with Crippen LogP contribution in [0.1, 0.15) is 35.1 Å². The summed E-state index contributed by atoms with van der Waals surface area (Å²) >= 11 is 11.5. The molecular weight excluding hydrogens is 468 g/mol. The van der Waals surface area contributed by atoms with Crippen molar-refractivity contribution in [3.8, 4) is 0 Å². The Bertz CT molecular complexity index is 1150. The van der Waals surface area contributed by atoms with Crippen molar-refractivity contribution >= 4 is 27.5 Å². The molecule has 8 atom stereocenters. The minimum atomic E-state index is -0.434. The van der Waals surface area contributed by atoms with Crippen LogP contribution in [0.5, 0.6) is 0 Å². The second kappa shape index (κ2) is 5.30. The van der Waals surface area contributed by atoms with E-state index < -0.39 is 11.2 Å². The van der Waals surface area contributed by atoms with Crippen molar-refractivity contribution in [3.63, 3.8) is 0 Å². The maximum Gasteiger partial charge on any atom is 0.124 e. The Balaban J connectivity index is 1.49. The molecule has 4 fully saturated rings. The van der Waals surface area contributed by atoms with Gasteiger partial charge in [-0.1, -0.05) is 101 Å². The van der Waals surface area contributed by atoms with E-state index >= 15 is 0 Å². The molecule has 154 valence electrons. The molecule has 3 saturated carbocycles. The molecule has 0 aromatic heterocycles. The summed E-state index contributed by atoms with van der Waals surface area (Å²) in [5, 5.41) is 0. The number of fused-ring (bicyclic) bond motifs is 15. The number of ether oxygens (including phenoxy) is 1. The molecule has 0 N–H and O–H groups in total. The molecule has 2 heterocycles. The molecule has 3 aliphatic carbocycles. The van der Waals surface area contributed by atoms with E-state index in [0.717, 1.165) is 6.42 Å². The van der Waals surface area contributed by atoms with Gasteiger partial charge in [-0.2, -0.15) is 0 Å². The van der Waals surface area contributed by atoms with E-state index in [1.807, 2.05) is 0 Å². The Morgan fingerprint density at radius 1 is 0.710 bits per heavy atom. The highest BCUT2D eigenvalue weighted by molar-refractivity contribution is 9.10. The lowest BCUT2D eigenvalue weighted by atomic mass is 9.56. The molecule has 0 spiro atoms. The van der Waals surface area contributed by atoms with E-state index in [1.165, 1.54) is 28.7 Å². The van der Waals surface area contributed by atoms with Gasteiger partial charge in [-0.05, 0) is 46.9 Å². The zero-order chi connectivity index (χ0) is 20.6. The average Bonchev–Trinajstić information content (AvgIpc) is 3.21. The Hall–Kier alpha value is -1.61. The van der Waals surface area contributed by atoms with E-state index in [9.17, 15) is 0 Å². The summed E-state index contributed by atoms with van der Waals surface area (Å²) in [5.41, 5.74) is 4.42. The fraction of sp³-hybridized carbons (Fsp3) is 0.357. The van der Waals surface area contributed by atoms with Crippen LogP contribution in [0, 0.1) is 23.7 Å². The largest absolute Gasteiger partial charge is 0.349 e. The highest BCUT2D eigenvalue weighted by Gasteiger charge is 2.90. The van der Waals surface area contributed by atoms with Gasteiger partial charge in [-0.3, -0.25) is 0 Å². The fourth-order valence-corrected chi connectivity index (χ4v) is 10.4. The van der Waals surface area contributed by atoms with Gasteiger partial charge in [0.2, 0.25) is 0 Å². The summed E-state index contributed by atoms with van der Waals surface area (Å²) in [7, 11) is 0. The number of hydrogen-bond donors (Lipinski definition) is 0. The van der Waals surface area contributed by atoms with Crippen molar-refractivity contribution in [2.45, 2.75) is 33.2 Å². The van der Waals surface area contributed by atoms with Crippen LogP contribution in [0.2, 0.25) is 0 Å². The quantitative estimate of drug-likeness (QED) is 0.368. The van der Waals surface area contributed by atoms with Crippen LogP contribution < -0.4 is 0 Å². The average molecular weight is 490 g/mol. The highest BCUT2D eigenvalue weighted by atomic mass is 79.9. The molecule has 3 unspecified atom stereocenters. The van der Waals surface area contributed by atoms with E-state index in [2.05, 4.69) is 101 Å². The Morgan fingerprint density at radius 3 is 1.74 bits per heavy atom. The molecule has 0 radical (unpaired) electrons. The molecule has 2 aliphatic heterocycles. The molecule has 3 heteroatoms. The molecule has 0 amide bonds. The van der Waals surface area contributed by atoms with E-state index in [4.69, 9.17) is 16.3 Å². The van der Waals surface area contributed by atoms with Crippen LogP contribution in [-0.2, 0) is 15.9 Å². The van der Waals surface area contributed by atoms with Crippen molar-refractivity contribution in [1.29, 1.82) is 0 Å². The summed E-state index contributed by atoms with van der Waals surface area (Å²) in [6.45, 7) is 0. The van der Waals surface area contributed by atoms with Crippen molar-refractivity contribution in [2.24, 2.45) is 23.7 Å². The third-order valence-electron chi connectivity index (χ3n) is 9.41. The second-order valence-electron chi connectivity index (χ2n) is 10.3. The smallest absolute Gasteiger partial charge is 0.124 e. The monoisotopic (exact) mass is 488 g/mol. The number of alkyl halides is 2. The number of benzene rings is 3. The summed E-state index contributed by atoms with van der Waals surface area (Å²) in [6.07, 6.45) is 2.28. The third kappa shape index (κ3) is 1.68. The molecule has 8 rings (SSSR count). The minimum absolute atomic E-state index is 0.0653. The topological polar surface area (TPSA) is 9.23 Å². The van der Waals surface area contributed by atoms with Crippen molar-refractivity contribution < 1.29 is 4.74 Å². The normalized spacial score (nSPS) is 47.2. The molecule has 1 saturated heterocycles. The first-order valence-corrected chi connectivity index (χ1v) is 12.5. The summed E-state index contributed by atoms with van der Waals surface area (Å²) in [4.78, 5) is -0.124. The predicted molar refractivity (Wildman–Crippen MR) is 125 cm³/mol. The summed E-state index contributed by atoms with van der Waals surface area (Å²) < 4.78 is 7.58. The van der Waals surface area contributed by atoms with Crippen LogP contribution >= 0.6 is 27.5 Å². The lowest BCUT2D eigenvalue weighted by Gasteiger charge is -2.45. The van der Waals surface area contributed by atoms with Crippen molar-refractivity contribution in [3.05, 3.63) is 107 Å². The maximum atomic E-state index is 7.52. The van der Waals surface area contributed by atoms with E-state index in [-0.39, 0.29) is 9.20 Å². The number of rotatable bonds is 2. The zero-order valence-corrected chi connectivity index (χ0v) is 19.3. The Kier molecular flexibility index (Phi) is 3.06. The van der Waals surface area contributed by atoms with Crippen LogP contribution in [0.3, 0.4) is 0 Å². The Labute approximate surface area is 195 Å². The van der Waals surface area contributed by atoms with Gasteiger partial charge in [0.05, 0.1) is 9.20 Å². The predicted octanol–water partition coefficient (Wildman–Crippen LogP) is 6.61. The number of hydrogen-bond acceptors (Lipinski definition) is 1. The lowest BCUT2D eigenvalue weighted by molar-refractivity contribution is -0.0691. The molecule has 5 aliphatic rings. The van der Waals surface area contributed by atoms with Gasteiger partial charge in [-0.15, -0.1) is 11.6 Å². The SMILES string of the molecule is Cl[C@@]12C[C@]1(Br)C1C[C@@H]2C2C1[C@@]1(c3ccccc3)O[C@]2(c2ccccc2)c2ccccc21.